The number of nitrogens with zero attached hydrogens (tertiary/aromatic N) is 1. The van der Waals surface area contributed by atoms with E-state index in [0.29, 0.717) is 0 Å². The quantitative estimate of drug-likeness (QED) is 0.925. The minimum atomic E-state index is 0.0242. The predicted molar refractivity (Wildman–Crippen MR) is 87.9 cm³/mol. The molecule has 5 heteroatoms. The SMILES string of the molecule is Cc1sc2nc(CSC3CCCCC3)[nH]c(=O)c2c1C. The minimum absolute atomic E-state index is 0.0242. The first-order valence-electron chi connectivity index (χ1n) is 7.25. The van der Waals surface area contributed by atoms with E-state index in [2.05, 4.69) is 16.9 Å². The summed E-state index contributed by atoms with van der Waals surface area (Å²) in [6.45, 7) is 4.05. The molecule has 108 valence electrons. The van der Waals surface area contributed by atoms with E-state index in [1.54, 1.807) is 11.3 Å². The highest BCUT2D eigenvalue weighted by molar-refractivity contribution is 7.99. The van der Waals surface area contributed by atoms with E-state index in [1.165, 1.54) is 37.0 Å². The summed E-state index contributed by atoms with van der Waals surface area (Å²) in [4.78, 5) is 21.9. The number of rotatable bonds is 3. The lowest BCUT2D eigenvalue weighted by Crippen LogP contribution is -2.13. The molecule has 1 aliphatic carbocycles. The zero-order chi connectivity index (χ0) is 14.1. The zero-order valence-electron chi connectivity index (χ0n) is 12.0. The molecule has 3 nitrogen and oxygen atoms in total. The van der Waals surface area contributed by atoms with Crippen LogP contribution in [-0.2, 0) is 5.75 Å². The Morgan fingerprint density at radius 3 is 2.80 bits per heavy atom. The number of aromatic amines is 1. The van der Waals surface area contributed by atoms with Crippen LogP contribution in [-0.4, -0.2) is 15.2 Å². The topological polar surface area (TPSA) is 45.8 Å². The van der Waals surface area contributed by atoms with Crippen molar-refractivity contribution in [3.8, 4) is 0 Å². The van der Waals surface area contributed by atoms with Gasteiger partial charge < -0.3 is 4.98 Å². The Kier molecular flexibility index (Phi) is 4.17. The van der Waals surface area contributed by atoms with Crippen LogP contribution in [0.15, 0.2) is 4.79 Å². The molecule has 2 aromatic heterocycles. The fourth-order valence-electron chi connectivity index (χ4n) is 2.80. The van der Waals surface area contributed by atoms with Crippen LogP contribution < -0.4 is 5.56 Å². The van der Waals surface area contributed by atoms with Gasteiger partial charge >= 0.3 is 0 Å². The average Bonchev–Trinajstić information content (AvgIpc) is 2.73. The Bertz CT molecular complexity index is 668. The van der Waals surface area contributed by atoms with Crippen molar-refractivity contribution in [2.45, 2.75) is 57.0 Å². The van der Waals surface area contributed by atoms with Crippen LogP contribution in [0.25, 0.3) is 10.2 Å². The van der Waals surface area contributed by atoms with Gasteiger partial charge in [0.05, 0.1) is 11.1 Å². The lowest BCUT2D eigenvalue weighted by Gasteiger charge is -2.20. The Labute approximate surface area is 127 Å². The first-order chi connectivity index (χ1) is 9.65. The van der Waals surface area contributed by atoms with Crippen molar-refractivity contribution in [1.29, 1.82) is 0 Å². The summed E-state index contributed by atoms with van der Waals surface area (Å²) in [5.74, 6) is 1.66. The van der Waals surface area contributed by atoms with Crippen LogP contribution in [0.2, 0.25) is 0 Å². The molecule has 0 unspecified atom stereocenters. The minimum Gasteiger partial charge on any atom is -0.309 e. The molecule has 20 heavy (non-hydrogen) atoms. The molecule has 1 aliphatic rings. The predicted octanol–water partition coefficient (Wildman–Crippen LogP) is 4.17. The second-order valence-corrected chi connectivity index (χ2v) is 8.04. The number of H-pyrrole nitrogens is 1. The van der Waals surface area contributed by atoms with Crippen LogP contribution in [0.3, 0.4) is 0 Å². The monoisotopic (exact) mass is 308 g/mol. The molecule has 2 aromatic rings. The number of hydrogen-bond acceptors (Lipinski definition) is 4. The molecule has 0 amide bonds. The van der Waals surface area contributed by atoms with Gasteiger partial charge in [-0.05, 0) is 32.3 Å². The molecule has 0 radical (unpaired) electrons. The summed E-state index contributed by atoms with van der Waals surface area (Å²) in [6, 6.07) is 0. The van der Waals surface area contributed by atoms with Crippen LogP contribution in [0.4, 0.5) is 0 Å². The second kappa shape index (κ2) is 5.90. The van der Waals surface area contributed by atoms with Crippen molar-refractivity contribution in [3.63, 3.8) is 0 Å². The van der Waals surface area contributed by atoms with Gasteiger partial charge in [-0.15, -0.1) is 11.3 Å². The molecule has 0 spiro atoms. The largest absolute Gasteiger partial charge is 0.309 e. The van der Waals surface area contributed by atoms with Crippen molar-refractivity contribution in [3.05, 3.63) is 26.6 Å². The van der Waals surface area contributed by atoms with E-state index >= 15 is 0 Å². The van der Waals surface area contributed by atoms with Gasteiger partial charge in [0.2, 0.25) is 0 Å². The third-order valence-electron chi connectivity index (χ3n) is 4.10. The van der Waals surface area contributed by atoms with Crippen LogP contribution in [0, 0.1) is 13.8 Å². The number of aryl methyl sites for hydroxylation is 2. The summed E-state index contributed by atoms with van der Waals surface area (Å²) in [6.07, 6.45) is 6.71. The highest BCUT2D eigenvalue weighted by Gasteiger charge is 2.16. The van der Waals surface area contributed by atoms with Crippen LogP contribution >= 0.6 is 23.1 Å². The molecule has 1 saturated carbocycles. The highest BCUT2D eigenvalue weighted by Crippen LogP contribution is 2.30. The Hall–Kier alpha value is -0.810. The van der Waals surface area contributed by atoms with E-state index in [-0.39, 0.29) is 5.56 Å². The van der Waals surface area contributed by atoms with Crippen LogP contribution in [0.1, 0.15) is 48.4 Å². The highest BCUT2D eigenvalue weighted by atomic mass is 32.2. The van der Waals surface area contributed by atoms with E-state index in [1.807, 2.05) is 18.7 Å². The average molecular weight is 308 g/mol. The number of aromatic nitrogens is 2. The molecule has 0 aliphatic heterocycles. The molecular weight excluding hydrogens is 288 g/mol. The first-order valence-corrected chi connectivity index (χ1v) is 9.12. The fraction of sp³-hybridized carbons (Fsp3) is 0.600. The molecule has 1 fully saturated rings. The van der Waals surface area contributed by atoms with Crippen LogP contribution in [0.5, 0.6) is 0 Å². The van der Waals surface area contributed by atoms with Gasteiger partial charge in [0, 0.05) is 10.1 Å². The van der Waals surface area contributed by atoms with Gasteiger partial charge in [-0.2, -0.15) is 11.8 Å². The lowest BCUT2D eigenvalue weighted by molar-refractivity contribution is 0.516. The van der Waals surface area contributed by atoms with Gasteiger partial charge in [-0.3, -0.25) is 4.79 Å². The molecule has 1 N–H and O–H groups in total. The summed E-state index contributed by atoms with van der Waals surface area (Å²) < 4.78 is 0. The molecule has 0 aromatic carbocycles. The zero-order valence-corrected chi connectivity index (χ0v) is 13.6. The van der Waals surface area contributed by atoms with Gasteiger partial charge in [-0.25, -0.2) is 4.98 Å². The number of thiophene rings is 1. The smallest absolute Gasteiger partial charge is 0.259 e. The van der Waals surface area contributed by atoms with E-state index < -0.39 is 0 Å². The molecule has 3 rings (SSSR count). The maximum Gasteiger partial charge on any atom is 0.259 e. The van der Waals surface area contributed by atoms with Crippen molar-refractivity contribution in [2.24, 2.45) is 0 Å². The molecule has 0 bridgehead atoms. The van der Waals surface area contributed by atoms with Crippen molar-refractivity contribution < 1.29 is 0 Å². The van der Waals surface area contributed by atoms with E-state index in [0.717, 1.165) is 32.6 Å². The van der Waals surface area contributed by atoms with Gasteiger partial charge in [0.25, 0.3) is 5.56 Å². The molecule has 2 heterocycles. The number of thioether (sulfide) groups is 1. The summed E-state index contributed by atoms with van der Waals surface area (Å²) in [7, 11) is 0. The Morgan fingerprint density at radius 1 is 1.30 bits per heavy atom. The summed E-state index contributed by atoms with van der Waals surface area (Å²) in [5.41, 5.74) is 1.10. The van der Waals surface area contributed by atoms with E-state index in [9.17, 15) is 4.79 Å². The molecule has 0 saturated heterocycles. The fourth-order valence-corrected chi connectivity index (χ4v) is 5.04. The van der Waals surface area contributed by atoms with Gasteiger partial charge in [0.15, 0.2) is 0 Å². The second-order valence-electron chi connectivity index (χ2n) is 5.55. The van der Waals surface area contributed by atoms with Crippen molar-refractivity contribution in [1.82, 2.24) is 9.97 Å². The Morgan fingerprint density at radius 2 is 2.05 bits per heavy atom. The molecule has 0 atom stereocenters. The third-order valence-corrected chi connectivity index (χ3v) is 6.58. The first kappa shape index (κ1) is 14.1. The summed E-state index contributed by atoms with van der Waals surface area (Å²) >= 11 is 3.58. The maximum absolute atomic E-state index is 12.2. The summed E-state index contributed by atoms with van der Waals surface area (Å²) in [5, 5.41) is 1.52. The van der Waals surface area contributed by atoms with Gasteiger partial charge in [-0.1, -0.05) is 19.3 Å². The molecular formula is C15H20N2OS2. The van der Waals surface area contributed by atoms with Crippen molar-refractivity contribution >= 4 is 33.3 Å². The maximum atomic E-state index is 12.2. The number of nitrogens with one attached hydrogen (secondary N) is 1. The third kappa shape index (κ3) is 2.79. The van der Waals surface area contributed by atoms with Gasteiger partial charge in [0.1, 0.15) is 10.7 Å². The van der Waals surface area contributed by atoms with Crippen molar-refractivity contribution in [2.75, 3.05) is 0 Å². The number of hydrogen-bond donors (Lipinski definition) is 1. The lowest BCUT2D eigenvalue weighted by atomic mass is 10.0. The standard InChI is InChI=1S/C15H20N2OS2/c1-9-10(2)20-15-13(9)14(18)16-12(17-15)8-19-11-6-4-3-5-7-11/h11H,3-8H2,1-2H3,(H,16,17,18). The number of fused-ring (bicyclic) bond motifs is 1. The Balaban J connectivity index is 1.80. The normalized spacial score (nSPS) is 16.9. The van der Waals surface area contributed by atoms with E-state index in [4.69, 9.17) is 0 Å².